The van der Waals surface area contributed by atoms with Gasteiger partial charge in [-0.25, -0.2) is 9.18 Å². The minimum absolute atomic E-state index is 0.0534. The highest BCUT2D eigenvalue weighted by Gasteiger charge is 2.38. The van der Waals surface area contributed by atoms with Crippen LogP contribution < -0.4 is 0 Å². The molecule has 1 saturated heterocycles. The Balaban J connectivity index is 1.46. The van der Waals surface area contributed by atoms with Gasteiger partial charge >= 0.3 is 5.97 Å². The summed E-state index contributed by atoms with van der Waals surface area (Å²) < 4.78 is 23.8. The number of amides is 2. The van der Waals surface area contributed by atoms with Gasteiger partial charge in [-0.3, -0.25) is 19.3 Å². The molecule has 0 unspecified atom stereocenters. The summed E-state index contributed by atoms with van der Waals surface area (Å²) >= 11 is 0. The molecule has 2 atom stereocenters. The van der Waals surface area contributed by atoms with Crippen molar-refractivity contribution in [1.82, 2.24) is 4.90 Å². The first-order valence-electron chi connectivity index (χ1n) is 9.98. The van der Waals surface area contributed by atoms with Crippen LogP contribution in [0.3, 0.4) is 0 Å². The van der Waals surface area contributed by atoms with Crippen LogP contribution in [-0.2, 0) is 9.47 Å². The Morgan fingerprint density at radius 2 is 1.77 bits per heavy atom. The van der Waals surface area contributed by atoms with E-state index < -0.39 is 35.5 Å². The summed E-state index contributed by atoms with van der Waals surface area (Å²) in [7, 11) is 0. The van der Waals surface area contributed by atoms with Gasteiger partial charge < -0.3 is 9.47 Å². The fourth-order valence-electron chi connectivity index (χ4n) is 3.71. The van der Waals surface area contributed by atoms with Crippen molar-refractivity contribution >= 4 is 23.6 Å². The van der Waals surface area contributed by atoms with Gasteiger partial charge in [-0.1, -0.05) is 0 Å². The van der Waals surface area contributed by atoms with E-state index in [4.69, 9.17) is 9.47 Å². The predicted molar refractivity (Wildman–Crippen MR) is 106 cm³/mol. The Labute approximate surface area is 177 Å². The maximum Gasteiger partial charge on any atom is 0.338 e. The van der Waals surface area contributed by atoms with Crippen molar-refractivity contribution in [3.63, 3.8) is 0 Å². The molecule has 2 aromatic carbocycles. The van der Waals surface area contributed by atoms with Crippen LogP contribution in [0.1, 0.15) is 61.2 Å². The number of imide groups is 1. The van der Waals surface area contributed by atoms with Gasteiger partial charge in [0.2, 0.25) is 5.78 Å². The van der Waals surface area contributed by atoms with Gasteiger partial charge in [-0.2, -0.15) is 0 Å². The largest absolute Gasteiger partial charge is 0.451 e. The number of fused-ring (bicyclic) bond motifs is 1. The fourth-order valence-corrected chi connectivity index (χ4v) is 3.71. The summed E-state index contributed by atoms with van der Waals surface area (Å²) in [6, 6.07) is 9.02. The van der Waals surface area contributed by atoms with Crippen molar-refractivity contribution in [2.45, 2.75) is 32.0 Å². The van der Waals surface area contributed by atoms with Crippen molar-refractivity contribution in [2.75, 3.05) is 13.2 Å². The number of ether oxygens (including phenoxy) is 2. The maximum atomic E-state index is 13.0. The lowest BCUT2D eigenvalue weighted by molar-refractivity contribution is 0.0318. The molecule has 0 radical (unpaired) electrons. The van der Waals surface area contributed by atoms with Gasteiger partial charge in [0.05, 0.1) is 29.3 Å². The molecule has 31 heavy (non-hydrogen) atoms. The number of ketones is 1. The first-order valence-corrected chi connectivity index (χ1v) is 9.98. The Morgan fingerprint density at radius 3 is 2.45 bits per heavy atom. The molecule has 0 aromatic heterocycles. The number of benzene rings is 2. The Hall–Kier alpha value is -3.39. The van der Waals surface area contributed by atoms with E-state index in [1.165, 1.54) is 37.3 Å². The zero-order valence-corrected chi connectivity index (χ0v) is 16.8. The summed E-state index contributed by atoms with van der Waals surface area (Å²) in [5, 5.41) is 0. The van der Waals surface area contributed by atoms with E-state index >= 15 is 0 Å². The molecular formula is C23H20FNO6. The summed E-state index contributed by atoms with van der Waals surface area (Å²) in [5.41, 5.74) is 0.601. The molecule has 2 heterocycles. The molecule has 0 N–H and O–H groups in total. The zero-order valence-electron chi connectivity index (χ0n) is 16.8. The molecule has 2 amide bonds. The van der Waals surface area contributed by atoms with Crippen LogP contribution >= 0.6 is 0 Å². The topological polar surface area (TPSA) is 90.0 Å². The summed E-state index contributed by atoms with van der Waals surface area (Å²) in [4.78, 5) is 51.4. The van der Waals surface area contributed by atoms with Crippen LogP contribution in [0.25, 0.3) is 0 Å². The highest BCUT2D eigenvalue weighted by molar-refractivity contribution is 6.22. The van der Waals surface area contributed by atoms with Gasteiger partial charge in [0, 0.05) is 12.2 Å². The van der Waals surface area contributed by atoms with Crippen LogP contribution in [-0.4, -0.2) is 53.8 Å². The lowest BCUT2D eigenvalue weighted by Gasteiger charge is -2.17. The Bertz CT molecular complexity index is 1060. The summed E-state index contributed by atoms with van der Waals surface area (Å²) in [5.74, 6) is -2.67. The predicted octanol–water partition coefficient (Wildman–Crippen LogP) is 3.03. The molecule has 0 saturated carbocycles. The number of halogens is 1. The van der Waals surface area contributed by atoms with E-state index in [2.05, 4.69) is 0 Å². The number of nitrogens with zero attached hydrogens (tertiary/aromatic N) is 1. The first kappa shape index (κ1) is 20.9. The van der Waals surface area contributed by atoms with Crippen molar-refractivity contribution in [1.29, 1.82) is 0 Å². The monoisotopic (exact) mass is 425 g/mol. The molecular weight excluding hydrogens is 405 g/mol. The van der Waals surface area contributed by atoms with Crippen LogP contribution in [0, 0.1) is 5.82 Å². The van der Waals surface area contributed by atoms with Crippen LogP contribution in [0.4, 0.5) is 4.39 Å². The molecule has 160 valence electrons. The second-order valence-electron chi connectivity index (χ2n) is 7.53. The van der Waals surface area contributed by atoms with E-state index in [9.17, 15) is 23.6 Å². The van der Waals surface area contributed by atoms with Gasteiger partial charge in [-0.05, 0) is 62.2 Å². The van der Waals surface area contributed by atoms with Crippen molar-refractivity contribution in [2.24, 2.45) is 0 Å². The van der Waals surface area contributed by atoms with Gasteiger partial charge in [0.25, 0.3) is 11.8 Å². The van der Waals surface area contributed by atoms with Crippen molar-refractivity contribution < 1.29 is 33.0 Å². The summed E-state index contributed by atoms with van der Waals surface area (Å²) in [6.07, 6.45) is 0.383. The number of carbonyl (C=O) groups is 4. The third-order valence-corrected chi connectivity index (χ3v) is 5.40. The van der Waals surface area contributed by atoms with E-state index in [0.29, 0.717) is 6.61 Å². The quantitative estimate of drug-likeness (QED) is 0.402. The van der Waals surface area contributed by atoms with Gasteiger partial charge in [0.1, 0.15) is 5.82 Å². The highest BCUT2D eigenvalue weighted by Crippen LogP contribution is 2.26. The smallest absolute Gasteiger partial charge is 0.338 e. The molecule has 2 aliphatic heterocycles. The molecule has 2 aromatic rings. The molecule has 0 spiro atoms. The molecule has 0 bridgehead atoms. The number of esters is 1. The van der Waals surface area contributed by atoms with Gasteiger partial charge in [-0.15, -0.1) is 0 Å². The Morgan fingerprint density at radius 1 is 1.10 bits per heavy atom. The average molecular weight is 425 g/mol. The fraction of sp³-hybridized carbons (Fsp3) is 0.304. The van der Waals surface area contributed by atoms with E-state index in [0.717, 1.165) is 29.9 Å². The normalized spacial score (nSPS) is 18.8. The number of Topliss-reactive ketones (excluding diaryl/α,β-unsaturated/α-hetero) is 1. The standard InChI is InChI=1S/C23H20FNO6/c1-13(20(26)14-4-7-16(24)8-5-14)31-23(29)15-6-9-18-19(11-15)22(28)25(21(18)27)12-17-3-2-10-30-17/h4-9,11,13,17H,2-3,10,12H2,1H3/t13-,17-/m1/s1. The number of carbonyl (C=O) groups excluding carboxylic acids is 4. The van der Waals surface area contributed by atoms with Gasteiger partial charge in [0.15, 0.2) is 6.10 Å². The van der Waals surface area contributed by atoms with E-state index in [1.807, 2.05) is 0 Å². The van der Waals surface area contributed by atoms with Crippen LogP contribution in [0.2, 0.25) is 0 Å². The molecule has 1 fully saturated rings. The third kappa shape index (κ3) is 4.11. The second kappa shape index (κ2) is 8.39. The molecule has 2 aliphatic rings. The lowest BCUT2D eigenvalue weighted by Crippen LogP contribution is -2.36. The number of hydrogen-bond acceptors (Lipinski definition) is 6. The van der Waals surface area contributed by atoms with Crippen molar-refractivity contribution in [3.05, 3.63) is 70.5 Å². The lowest BCUT2D eigenvalue weighted by atomic mass is 10.1. The number of hydrogen-bond donors (Lipinski definition) is 0. The second-order valence-corrected chi connectivity index (χ2v) is 7.53. The Kier molecular flexibility index (Phi) is 5.65. The SMILES string of the molecule is C[C@@H](OC(=O)c1ccc2c(c1)C(=O)N(C[C@H]1CCCO1)C2=O)C(=O)c1ccc(F)cc1. The average Bonchev–Trinajstić information content (AvgIpc) is 3.36. The first-order chi connectivity index (χ1) is 14.8. The van der Waals surface area contributed by atoms with Crippen LogP contribution in [0.15, 0.2) is 42.5 Å². The van der Waals surface area contributed by atoms with E-state index in [-0.39, 0.29) is 34.9 Å². The molecule has 8 heteroatoms. The summed E-state index contributed by atoms with van der Waals surface area (Å²) in [6.45, 7) is 2.20. The molecule has 0 aliphatic carbocycles. The minimum Gasteiger partial charge on any atom is -0.451 e. The molecule has 4 rings (SSSR count). The minimum atomic E-state index is -1.11. The zero-order chi connectivity index (χ0) is 22.1. The van der Waals surface area contributed by atoms with Crippen molar-refractivity contribution in [3.8, 4) is 0 Å². The van der Waals surface area contributed by atoms with Crippen LogP contribution in [0.5, 0.6) is 0 Å². The molecule has 7 nitrogen and oxygen atoms in total. The highest BCUT2D eigenvalue weighted by atomic mass is 19.1. The maximum absolute atomic E-state index is 13.0. The number of rotatable bonds is 6. The third-order valence-electron chi connectivity index (χ3n) is 5.40. The van der Waals surface area contributed by atoms with E-state index in [1.54, 1.807) is 0 Å².